The highest BCUT2D eigenvalue weighted by molar-refractivity contribution is 14.1. The van der Waals surface area contributed by atoms with Gasteiger partial charge in [-0.2, -0.15) is 36.2 Å². The average Bonchev–Trinajstić information content (AvgIpc) is 3.47. The fourth-order valence-corrected chi connectivity index (χ4v) is 4.25. The van der Waals surface area contributed by atoms with Gasteiger partial charge in [0.25, 0.3) is 17.6 Å². The number of carbonyl (C=O) groups is 2. The maximum atomic E-state index is 13.7. The molecule has 0 radical (unpaired) electrons. The number of pyridine rings is 1. The normalized spacial score (nSPS) is 12.0. The number of alkyl halides is 6. The Morgan fingerprint density at radius 1 is 1.08 bits per heavy atom. The zero-order chi connectivity index (χ0) is 28.7. The Labute approximate surface area is 227 Å². The van der Waals surface area contributed by atoms with Crippen molar-refractivity contribution in [3.05, 3.63) is 74.0 Å². The number of rotatable bonds is 6. The zero-order valence-corrected chi connectivity index (χ0v) is 21.5. The van der Waals surface area contributed by atoms with E-state index in [0.29, 0.717) is 24.7 Å². The molecule has 0 fully saturated rings. The minimum atomic E-state index is -4.90. The molecule has 3 N–H and O–H groups in total. The van der Waals surface area contributed by atoms with E-state index in [-0.39, 0.29) is 16.9 Å². The maximum Gasteiger partial charge on any atom is 0.455 e. The Balaban J connectivity index is 1.81. The van der Waals surface area contributed by atoms with Gasteiger partial charge in [0.1, 0.15) is 17.8 Å². The minimum Gasteiger partial charge on any atom is -0.366 e. The number of anilines is 1. The Bertz CT molecular complexity index is 1580. The van der Waals surface area contributed by atoms with E-state index in [9.17, 15) is 35.9 Å². The highest BCUT2D eigenvalue weighted by atomic mass is 127. The summed E-state index contributed by atoms with van der Waals surface area (Å²) >= 11 is 1.93. The third-order valence-corrected chi connectivity index (χ3v) is 5.72. The molecule has 1 aromatic carbocycles. The molecule has 0 unspecified atom stereocenters. The van der Waals surface area contributed by atoms with Gasteiger partial charge in [-0.3, -0.25) is 9.59 Å². The molecule has 0 aliphatic heterocycles. The van der Waals surface area contributed by atoms with Crippen LogP contribution in [0.3, 0.4) is 0 Å². The second-order valence-electron chi connectivity index (χ2n) is 7.91. The molecule has 4 rings (SSSR count). The molecule has 2 amide bonds. The number of aryl methyl sites for hydroxylation is 1. The highest BCUT2D eigenvalue weighted by Gasteiger charge is 2.38. The summed E-state index contributed by atoms with van der Waals surface area (Å²) in [6.45, 7) is 0.988. The summed E-state index contributed by atoms with van der Waals surface area (Å²) in [4.78, 5) is 29.6. The first kappa shape index (κ1) is 27.9. The lowest BCUT2D eigenvalue weighted by Crippen LogP contribution is -2.23. The second-order valence-corrected chi connectivity index (χ2v) is 9.16. The van der Waals surface area contributed by atoms with E-state index in [1.807, 2.05) is 22.6 Å². The van der Waals surface area contributed by atoms with Crippen LogP contribution in [0.15, 0.2) is 36.5 Å². The number of carbonyl (C=O) groups excluding carboxylic acids is 2. The number of benzene rings is 1. The van der Waals surface area contributed by atoms with Crippen LogP contribution in [0.25, 0.3) is 5.82 Å². The predicted octanol–water partition coefficient (Wildman–Crippen LogP) is 3.60. The molecule has 0 atom stereocenters. The SMILES string of the molecule is Cc1cc(I)cc(C(N)=O)c1NC(=O)c1cc(Cn2nnc(C(F)(F)F)n2)nn1-c1ncccc1C(F)(F)F. The van der Waals surface area contributed by atoms with E-state index in [1.165, 1.54) is 6.07 Å². The van der Waals surface area contributed by atoms with Crippen molar-refractivity contribution in [3.63, 3.8) is 0 Å². The first-order valence-electron chi connectivity index (χ1n) is 10.5. The van der Waals surface area contributed by atoms with Crippen molar-refractivity contribution in [2.24, 2.45) is 5.73 Å². The molecule has 3 aromatic heterocycles. The number of hydrogen-bond acceptors (Lipinski definition) is 7. The third-order valence-electron chi connectivity index (χ3n) is 5.10. The lowest BCUT2D eigenvalue weighted by Gasteiger charge is -2.15. The van der Waals surface area contributed by atoms with E-state index in [2.05, 4.69) is 30.8 Å². The Hall–Kier alpha value is -4.10. The highest BCUT2D eigenvalue weighted by Crippen LogP contribution is 2.33. The summed E-state index contributed by atoms with van der Waals surface area (Å²) in [5.41, 5.74) is 3.88. The number of nitrogens with two attached hydrogens (primary N) is 1. The van der Waals surface area contributed by atoms with Crippen molar-refractivity contribution in [1.29, 1.82) is 0 Å². The topological polar surface area (TPSA) is 146 Å². The van der Waals surface area contributed by atoms with Crippen molar-refractivity contribution >= 4 is 40.1 Å². The number of tetrazole rings is 1. The summed E-state index contributed by atoms with van der Waals surface area (Å²) in [5, 5.41) is 15.8. The van der Waals surface area contributed by atoms with Crippen LogP contribution in [-0.4, -0.2) is 46.8 Å². The Morgan fingerprint density at radius 3 is 2.41 bits per heavy atom. The van der Waals surface area contributed by atoms with Crippen LogP contribution in [0.1, 0.15) is 43.5 Å². The van der Waals surface area contributed by atoms with Gasteiger partial charge in [-0.05, 0) is 70.6 Å². The second kappa shape index (κ2) is 10.2. The Kier molecular flexibility index (Phi) is 7.32. The number of hydrogen-bond donors (Lipinski definition) is 2. The monoisotopic (exact) mass is 665 g/mol. The molecule has 18 heteroatoms. The largest absolute Gasteiger partial charge is 0.455 e. The summed E-state index contributed by atoms with van der Waals surface area (Å²) in [5.74, 6) is -4.21. The maximum absolute atomic E-state index is 13.7. The number of nitrogens with one attached hydrogen (secondary N) is 1. The van der Waals surface area contributed by atoms with Gasteiger partial charge in [0, 0.05) is 9.77 Å². The molecular formula is C21H14F6IN9O2. The smallest absolute Gasteiger partial charge is 0.366 e. The molecule has 39 heavy (non-hydrogen) atoms. The van der Waals surface area contributed by atoms with E-state index in [1.54, 1.807) is 13.0 Å². The van der Waals surface area contributed by atoms with E-state index in [0.717, 1.165) is 18.3 Å². The van der Waals surface area contributed by atoms with E-state index >= 15 is 0 Å². The molecule has 4 aromatic rings. The van der Waals surface area contributed by atoms with Crippen LogP contribution in [-0.2, 0) is 18.9 Å². The molecule has 11 nitrogen and oxygen atoms in total. The number of nitrogens with zero attached hydrogens (tertiary/aromatic N) is 7. The lowest BCUT2D eigenvalue weighted by atomic mass is 10.1. The number of primary amides is 1. The summed E-state index contributed by atoms with van der Waals surface area (Å²) in [7, 11) is 0. The fraction of sp³-hybridized carbons (Fsp3) is 0.190. The predicted molar refractivity (Wildman–Crippen MR) is 129 cm³/mol. The van der Waals surface area contributed by atoms with Crippen LogP contribution in [0, 0.1) is 10.5 Å². The molecular weight excluding hydrogens is 651 g/mol. The van der Waals surface area contributed by atoms with Gasteiger partial charge in [-0.15, -0.1) is 10.2 Å². The zero-order valence-electron chi connectivity index (χ0n) is 19.3. The lowest BCUT2D eigenvalue weighted by molar-refractivity contribution is -0.145. The van der Waals surface area contributed by atoms with E-state index in [4.69, 9.17) is 5.73 Å². The summed E-state index contributed by atoms with van der Waals surface area (Å²) in [6, 6.07) is 5.80. The van der Waals surface area contributed by atoms with Gasteiger partial charge < -0.3 is 11.1 Å². The van der Waals surface area contributed by atoms with Crippen LogP contribution in [0.4, 0.5) is 32.0 Å². The summed E-state index contributed by atoms with van der Waals surface area (Å²) in [6.07, 6.45) is -8.75. The van der Waals surface area contributed by atoms with Gasteiger partial charge in [0.05, 0.1) is 16.9 Å². The van der Waals surface area contributed by atoms with Crippen molar-refractivity contribution in [2.75, 3.05) is 5.32 Å². The van der Waals surface area contributed by atoms with E-state index < -0.39 is 53.6 Å². The quantitative estimate of drug-likeness (QED) is 0.237. The van der Waals surface area contributed by atoms with Crippen LogP contribution in [0.5, 0.6) is 0 Å². The number of amides is 2. The van der Waals surface area contributed by atoms with Crippen LogP contribution in [0.2, 0.25) is 0 Å². The molecule has 0 bridgehead atoms. The average molecular weight is 665 g/mol. The van der Waals surface area contributed by atoms with Gasteiger partial charge in [-0.25, -0.2) is 9.67 Å². The molecule has 3 heterocycles. The fourth-order valence-electron chi connectivity index (χ4n) is 3.47. The van der Waals surface area contributed by atoms with Gasteiger partial charge in [-0.1, -0.05) is 0 Å². The van der Waals surface area contributed by atoms with Gasteiger partial charge in [0.2, 0.25) is 0 Å². The Morgan fingerprint density at radius 2 is 1.79 bits per heavy atom. The molecule has 0 aliphatic rings. The number of halogens is 7. The van der Waals surface area contributed by atoms with Gasteiger partial charge >= 0.3 is 12.4 Å². The molecule has 204 valence electrons. The molecule has 0 aliphatic carbocycles. The van der Waals surface area contributed by atoms with Crippen LogP contribution >= 0.6 is 22.6 Å². The molecule has 0 saturated carbocycles. The minimum absolute atomic E-state index is 0.00652. The molecule has 0 spiro atoms. The first-order chi connectivity index (χ1) is 18.1. The van der Waals surface area contributed by atoms with Crippen molar-refractivity contribution < 1.29 is 35.9 Å². The standard InChI is InChI=1S/C21H14F6IN9O2/c1-9-5-10(28)6-12(16(29)38)15(9)31-18(39)14-7-11(8-36-34-19(32-35-36)21(25,26)27)33-37(14)17-13(20(22,23)24)3-2-4-30-17/h2-7H,8H2,1H3,(H2,29,38)(H,31,39). The molecule has 0 saturated heterocycles. The first-order valence-corrected chi connectivity index (χ1v) is 11.6. The van der Waals surface area contributed by atoms with Crippen LogP contribution < -0.4 is 11.1 Å². The van der Waals surface area contributed by atoms with Crippen molar-refractivity contribution in [3.8, 4) is 5.82 Å². The third kappa shape index (κ3) is 5.99. The number of aromatic nitrogens is 7. The van der Waals surface area contributed by atoms with Gasteiger partial charge in [0.15, 0.2) is 5.82 Å². The van der Waals surface area contributed by atoms with Crippen molar-refractivity contribution in [1.82, 2.24) is 35.0 Å². The van der Waals surface area contributed by atoms with Crippen molar-refractivity contribution in [2.45, 2.75) is 25.8 Å². The summed E-state index contributed by atoms with van der Waals surface area (Å²) < 4.78 is 81.0.